The Morgan fingerprint density at radius 3 is 2.38 bits per heavy atom. The molecule has 1 aliphatic rings. The van der Waals surface area contributed by atoms with E-state index in [-0.39, 0.29) is 11.5 Å². The topological polar surface area (TPSA) is 83.6 Å². The molecule has 0 spiro atoms. The van der Waals surface area contributed by atoms with Gasteiger partial charge in [0.05, 0.1) is 11.8 Å². The van der Waals surface area contributed by atoms with Crippen molar-refractivity contribution in [2.24, 2.45) is 11.8 Å². The summed E-state index contributed by atoms with van der Waals surface area (Å²) < 4.78 is 57.3. The van der Waals surface area contributed by atoms with E-state index in [0.717, 1.165) is 23.4 Å². The lowest BCUT2D eigenvalue weighted by Gasteiger charge is -2.18. The van der Waals surface area contributed by atoms with Gasteiger partial charge in [-0.1, -0.05) is 0 Å². The third-order valence-electron chi connectivity index (χ3n) is 4.22. The summed E-state index contributed by atoms with van der Waals surface area (Å²) in [6, 6.07) is 4.91. The second kappa shape index (κ2) is 6.43. The molecule has 1 saturated heterocycles. The van der Waals surface area contributed by atoms with Gasteiger partial charge in [0.1, 0.15) is 5.82 Å². The van der Waals surface area contributed by atoms with E-state index in [2.05, 4.69) is 4.98 Å². The predicted molar refractivity (Wildman–Crippen MR) is 78.5 cm³/mol. The fourth-order valence-corrected chi connectivity index (χ4v) is 2.91. The van der Waals surface area contributed by atoms with Crippen LogP contribution < -0.4 is 0 Å². The molecule has 1 fully saturated rings. The number of aromatic nitrogens is 1. The third kappa shape index (κ3) is 3.26. The lowest BCUT2D eigenvalue weighted by Crippen LogP contribution is -2.34. The van der Waals surface area contributed by atoms with Crippen molar-refractivity contribution in [3.8, 4) is 11.3 Å². The van der Waals surface area contributed by atoms with Gasteiger partial charge in [0, 0.05) is 18.7 Å². The van der Waals surface area contributed by atoms with Crippen molar-refractivity contribution in [2.45, 2.75) is 6.18 Å². The number of aliphatic carboxylic acids is 1. The van der Waals surface area contributed by atoms with Crippen LogP contribution >= 0.6 is 0 Å². The summed E-state index contributed by atoms with van der Waals surface area (Å²) in [7, 11) is 0. The van der Waals surface area contributed by atoms with Crippen LogP contribution in [0.15, 0.2) is 35.1 Å². The summed E-state index contributed by atoms with van der Waals surface area (Å²) >= 11 is 0. The zero-order chi connectivity index (χ0) is 19.1. The van der Waals surface area contributed by atoms with Gasteiger partial charge in [0.25, 0.3) is 5.91 Å². The molecule has 1 aromatic heterocycles. The third-order valence-corrected chi connectivity index (χ3v) is 4.22. The van der Waals surface area contributed by atoms with E-state index in [1.807, 2.05) is 0 Å². The number of oxazole rings is 1. The highest BCUT2D eigenvalue weighted by molar-refractivity contribution is 5.98. The molecule has 0 saturated carbocycles. The van der Waals surface area contributed by atoms with Crippen molar-refractivity contribution in [1.82, 2.24) is 9.88 Å². The van der Waals surface area contributed by atoms with Gasteiger partial charge in [-0.2, -0.15) is 13.2 Å². The second-order valence-electron chi connectivity index (χ2n) is 5.84. The van der Waals surface area contributed by atoms with Crippen molar-refractivity contribution >= 4 is 11.9 Å². The fourth-order valence-electron chi connectivity index (χ4n) is 2.91. The second-order valence-corrected chi connectivity index (χ2v) is 5.84. The van der Waals surface area contributed by atoms with Gasteiger partial charge in [-0.05, 0) is 24.3 Å². The van der Waals surface area contributed by atoms with Gasteiger partial charge in [-0.3, -0.25) is 9.59 Å². The number of hydrogen-bond donors (Lipinski definition) is 1. The number of carbonyl (C=O) groups is 2. The van der Waals surface area contributed by atoms with Crippen molar-refractivity contribution in [3.05, 3.63) is 42.2 Å². The van der Waals surface area contributed by atoms with Crippen LogP contribution in [-0.4, -0.2) is 46.1 Å². The van der Waals surface area contributed by atoms with E-state index >= 15 is 0 Å². The molecule has 1 N–H and O–H groups in total. The van der Waals surface area contributed by atoms with E-state index in [9.17, 15) is 27.2 Å². The van der Waals surface area contributed by atoms with Gasteiger partial charge >= 0.3 is 12.1 Å². The van der Waals surface area contributed by atoms with Crippen LogP contribution in [0.5, 0.6) is 0 Å². The maximum absolute atomic E-state index is 13.1. The summed E-state index contributed by atoms with van der Waals surface area (Å²) in [5, 5.41) is 9.03. The molecular weight excluding hydrogens is 360 g/mol. The summed E-state index contributed by atoms with van der Waals surface area (Å²) in [4.78, 5) is 28.2. The Morgan fingerprint density at radius 2 is 1.85 bits per heavy atom. The Hall–Kier alpha value is -2.91. The van der Waals surface area contributed by atoms with Crippen molar-refractivity contribution < 1.29 is 36.7 Å². The van der Waals surface area contributed by atoms with Crippen LogP contribution in [0, 0.1) is 17.7 Å². The number of carbonyl (C=O) groups excluding carboxylic acids is 1. The highest BCUT2D eigenvalue weighted by Gasteiger charge is 2.53. The molecule has 1 aromatic carbocycles. The Bertz CT molecular complexity index is 832. The zero-order valence-electron chi connectivity index (χ0n) is 13.0. The standard InChI is InChI=1S/C16H12F4N2O4/c17-9-3-1-8(2-4-9)13-12(21-7-26-13)14(23)22-5-10(15(24)25)11(6-22)16(18,19)20/h1-4,7,10-11H,5-6H2,(H,24,25)/t10-,11-/m1/s1. The first-order valence-electron chi connectivity index (χ1n) is 7.46. The first kappa shape index (κ1) is 17.9. The number of alkyl halides is 3. The maximum atomic E-state index is 13.1. The molecule has 0 radical (unpaired) electrons. The van der Waals surface area contributed by atoms with E-state index in [1.54, 1.807) is 0 Å². The number of halogens is 4. The number of nitrogens with zero attached hydrogens (tertiary/aromatic N) is 2. The number of amides is 1. The van der Waals surface area contributed by atoms with Gasteiger partial charge in [-0.15, -0.1) is 0 Å². The monoisotopic (exact) mass is 372 g/mol. The van der Waals surface area contributed by atoms with Gasteiger partial charge in [-0.25, -0.2) is 9.37 Å². The van der Waals surface area contributed by atoms with Crippen LogP contribution in [0.25, 0.3) is 11.3 Å². The predicted octanol–water partition coefficient (Wildman–Crippen LogP) is 2.82. The Balaban J connectivity index is 1.88. The molecule has 1 amide bonds. The van der Waals surface area contributed by atoms with Crippen molar-refractivity contribution in [3.63, 3.8) is 0 Å². The normalized spacial score (nSPS) is 20.4. The highest BCUT2D eigenvalue weighted by atomic mass is 19.4. The van der Waals surface area contributed by atoms with Gasteiger partial charge < -0.3 is 14.4 Å². The molecule has 0 unspecified atom stereocenters. The molecule has 2 heterocycles. The zero-order valence-corrected chi connectivity index (χ0v) is 13.0. The molecular formula is C16H12F4N2O4. The molecule has 138 valence electrons. The molecule has 0 bridgehead atoms. The van der Waals surface area contributed by atoms with Gasteiger partial charge in [0.2, 0.25) is 0 Å². The number of carboxylic acids is 1. The van der Waals surface area contributed by atoms with Gasteiger partial charge in [0.15, 0.2) is 17.8 Å². The number of rotatable bonds is 3. The minimum atomic E-state index is -4.75. The molecule has 2 atom stereocenters. The fraction of sp³-hybridized carbons (Fsp3) is 0.312. The smallest absolute Gasteiger partial charge is 0.394 e. The maximum Gasteiger partial charge on any atom is 0.394 e. The Labute approximate surface area is 144 Å². The number of hydrogen-bond acceptors (Lipinski definition) is 4. The number of benzene rings is 1. The number of carboxylic acid groups (broad SMARTS) is 1. The van der Waals surface area contributed by atoms with E-state index in [1.165, 1.54) is 12.1 Å². The van der Waals surface area contributed by atoms with Crippen LogP contribution in [0.2, 0.25) is 0 Å². The van der Waals surface area contributed by atoms with Crippen LogP contribution in [0.3, 0.4) is 0 Å². The van der Waals surface area contributed by atoms with Crippen molar-refractivity contribution in [1.29, 1.82) is 0 Å². The van der Waals surface area contributed by atoms with Crippen LogP contribution in [0.1, 0.15) is 10.5 Å². The SMILES string of the molecule is O=C(O)[C@@H]1CN(C(=O)c2ncoc2-c2ccc(F)cc2)C[C@H]1C(F)(F)F. The average molecular weight is 372 g/mol. The molecule has 6 nitrogen and oxygen atoms in total. The van der Waals surface area contributed by atoms with E-state index < -0.39 is 48.8 Å². The molecule has 0 aliphatic carbocycles. The molecule has 26 heavy (non-hydrogen) atoms. The van der Waals surface area contributed by atoms with Crippen LogP contribution in [0.4, 0.5) is 17.6 Å². The summed E-state index contributed by atoms with van der Waals surface area (Å²) in [6.45, 7) is -1.37. The molecule has 1 aliphatic heterocycles. The Morgan fingerprint density at radius 1 is 1.19 bits per heavy atom. The molecule has 3 rings (SSSR count). The summed E-state index contributed by atoms with van der Waals surface area (Å²) in [5.74, 6) is -6.96. The largest absolute Gasteiger partial charge is 0.481 e. The first-order valence-corrected chi connectivity index (χ1v) is 7.46. The lowest BCUT2D eigenvalue weighted by molar-refractivity contribution is -0.187. The first-order chi connectivity index (χ1) is 12.2. The van der Waals surface area contributed by atoms with E-state index in [4.69, 9.17) is 9.52 Å². The lowest BCUT2D eigenvalue weighted by atomic mass is 9.96. The molecule has 2 aromatic rings. The summed E-state index contributed by atoms with van der Waals surface area (Å²) in [6.07, 6.45) is -3.81. The van der Waals surface area contributed by atoms with Crippen molar-refractivity contribution in [2.75, 3.05) is 13.1 Å². The summed E-state index contributed by atoms with van der Waals surface area (Å²) in [5.41, 5.74) is 0.0529. The number of likely N-dealkylation sites (tertiary alicyclic amines) is 1. The van der Waals surface area contributed by atoms with Crippen LogP contribution in [-0.2, 0) is 4.79 Å². The highest BCUT2D eigenvalue weighted by Crippen LogP contribution is 2.38. The quantitative estimate of drug-likeness (QED) is 0.838. The minimum Gasteiger partial charge on any atom is -0.481 e. The van der Waals surface area contributed by atoms with E-state index in [0.29, 0.717) is 5.56 Å². The average Bonchev–Trinajstić information content (AvgIpc) is 3.22. The molecule has 10 heteroatoms. The Kier molecular flexibility index (Phi) is 4.43. The minimum absolute atomic E-state index is 0.0302.